The van der Waals surface area contributed by atoms with Gasteiger partial charge in [0.2, 0.25) is 0 Å². The lowest BCUT2D eigenvalue weighted by molar-refractivity contribution is 0.255. The fourth-order valence-corrected chi connectivity index (χ4v) is 2.50. The summed E-state index contributed by atoms with van der Waals surface area (Å²) < 4.78 is 0. The van der Waals surface area contributed by atoms with E-state index in [4.69, 9.17) is 0 Å². The molecule has 0 spiro atoms. The third-order valence-electron chi connectivity index (χ3n) is 3.57. The molecule has 0 saturated carbocycles. The van der Waals surface area contributed by atoms with Gasteiger partial charge in [0.1, 0.15) is 5.82 Å². The molecule has 116 valence electrons. The fourth-order valence-electron chi connectivity index (χ4n) is 2.50. The van der Waals surface area contributed by atoms with E-state index in [1.54, 1.807) is 4.90 Å². The summed E-state index contributed by atoms with van der Waals surface area (Å²) in [7, 11) is 0. The van der Waals surface area contributed by atoms with E-state index in [0.29, 0.717) is 5.82 Å². The van der Waals surface area contributed by atoms with E-state index >= 15 is 0 Å². The maximum Gasteiger partial charge on any atom is 0.327 e. The third kappa shape index (κ3) is 3.31. The molecular weight excluding hydrogens is 286 g/mol. The summed E-state index contributed by atoms with van der Waals surface area (Å²) in [4.78, 5) is 18.9. The number of amides is 2. The number of hydrogen-bond donors (Lipinski definition) is 1. The molecular formula is C19H19N3O. The van der Waals surface area contributed by atoms with Gasteiger partial charge in [-0.3, -0.25) is 4.90 Å². The number of anilines is 2. The molecule has 1 aromatic rings. The number of aromatic nitrogens is 1. The van der Waals surface area contributed by atoms with Crippen LogP contribution < -0.4 is 10.2 Å². The highest BCUT2D eigenvalue weighted by Gasteiger charge is 2.22. The van der Waals surface area contributed by atoms with Crippen molar-refractivity contribution in [1.82, 2.24) is 4.98 Å². The van der Waals surface area contributed by atoms with E-state index in [0.717, 1.165) is 16.9 Å². The van der Waals surface area contributed by atoms with E-state index in [9.17, 15) is 4.79 Å². The van der Waals surface area contributed by atoms with Gasteiger partial charge in [-0.1, -0.05) is 42.5 Å². The molecule has 0 radical (unpaired) electrons. The van der Waals surface area contributed by atoms with Crippen LogP contribution in [0.3, 0.4) is 0 Å². The minimum atomic E-state index is -0.182. The molecule has 0 fully saturated rings. The quantitative estimate of drug-likeness (QED) is 0.766. The zero-order valence-electron chi connectivity index (χ0n) is 13.2. The van der Waals surface area contributed by atoms with Gasteiger partial charge in [-0.2, -0.15) is 0 Å². The largest absolute Gasteiger partial charge is 0.327 e. The Morgan fingerprint density at radius 1 is 1.00 bits per heavy atom. The maximum absolute atomic E-state index is 12.7. The average Bonchev–Trinajstić information content (AvgIpc) is 2.77. The Morgan fingerprint density at radius 3 is 2.35 bits per heavy atom. The summed E-state index contributed by atoms with van der Waals surface area (Å²) in [6, 6.07) is 21.0. The predicted molar refractivity (Wildman–Crippen MR) is 93.9 cm³/mol. The smallest absolute Gasteiger partial charge is 0.307 e. The van der Waals surface area contributed by atoms with Gasteiger partial charge in [-0.05, 0) is 38.1 Å². The Bertz CT molecular complexity index is 740. The number of rotatable bonds is 3. The van der Waals surface area contributed by atoms with Crippen molar-refractivity contribution in [3.05, 3.63) is 66.7 Å². The average molecular weight is 305 g/mol. The van der Waals surface area contributed by atoms with Gasteiger partial charge in [-0.25, -0.2) is 9.78 Å². The van der Waals surface area contributed by atoms with Crippen molar-refractivity contribution in [2.24, 2.45) is 0 Å². The number of fused-ring (bicyclic) bond motifs is 1. The van der Waals surface area contributed by atoms with Crippen molar-refractivity contribution >= 4 is 17.5 Å². The minimum Gasteiger partial charge on any atom is -0.307 e. The number of nitrogens with one attached hydrogen (secondary N) is 1. The van der Waals surface area contributed by atoms with Gasteiger partial charge in [0.15, 0.2) is 0 Å². The zero-order valence-corrected chi connectivity index (χ0v) is 13.2. The van der Waals surface area contributed by atoms with Crippen LogP contribution in [0, 0.1) is 0 Å². The number of para-hydroxylation sites is 1. The van der Waals surface area contributed by atoms with Crippen LogP contribution in [-0.2, 0) is 0 Å². The Kier molecular flexibility index (Phi) is 4.24. The molecule has 1 aliphatic carbocycles. The SMILES string of the molecule is CC(C)N(C(=O)Nc1ccccc1)c1cc2cccccc-2n1. The maximum atomic E-state index is 12.7. The van der Waals surface area contributed by atoms with E-state index in [1.165, 1.54) is 0 Å². The Morgan fingerprint density at radius 2 is 1.65 bits per heavy atom. The van der Waals surface area contributed by atoms with Gasteiger partial charge in [0, 0.05) is 17.3 Å². The molecule has 0 aromatic heterocycles. The molecule has 4 heteroatoms. The molecule has 1 aliphatic heterocycles. The molecule has 4 nitrogen and oxygen atoms in total. The van der Waals surface area contributed by atoms with Crippen LogP contribution in [0.25, 0.3) is 11.3 Å². The van der Waals surface area contributed by atoms with Crippen LogP contribution in [0.15, 0.2) is 66.7 Å². The third-order valence-corrected chi connectivity index (χ3v) is 3.57. The van der Waals surface area contributed by atoms with E-state index in [-0.39, 0.29) is 12.1 Å². The molecule has 0 unspecified atom stereocenters. The first-order valence-corrected chi connectivity index (χ1v) is 7.66. The molecule has 1 aromatic carbocycles. The van der Waals surface area contributed by atoms with Crippen LogP contribution in [0.2, 0.25) is 0 Å². The number of urea groups is 1. The summed E-state index contributed by atoms with van der Waals surface area (Å²) in [5.41, 5.74) is 2.66. The van der Waals surface area contributed by atoms with Crippen LogP contribution >= 0.6 is 0 Å². The minimum absolute atomic E-state index is 0.00299. The highest BCUT2D eigenvalue weighted by molar-refractivity contribution is 6.02. The van der Waals surface area contributed by atoms with Crippen molar-refractivity contribution < 1.29 is 4.79 Å². The van der Waals surface area contributed by atoms with Crippen LogP contribution in [0.1, 0.15) is 13.8 Å². The second-order valence-corrected chi connectivity index (χ2v) is 5.63. The molecule has 1 N–H and O–H groups in total. The van der Waals surface area contributed by atoms with Crippen molar-refractivity contribution in [1.29, 1.82) is 0 Å². The molecule has 2 amide bonds. The van der Waals surface area contributed by atoms with Gasteiger partial charge in [0.05, 0.1) is 5.69 Å². The molecule has 0 saturated heterocycles. The molecule has 2 aliphatic rings. The Labute approximate surface area is 136 Å². The van der Waals surface area contributed by atoms with E-state index in [2.05, 4.69) is 10.3 Å². The Hall–Kier alpha value is -2.88. The number of carbonyl (C=O) groups is 1. The monoisotopic (exact) mass is 305 g/mol. The number of carbonyl (C=O) groups excluding carboxylic acids is 1. The fraction of sp³-hybridized carbons (Fsp3) is 0.158. The van der Waals surface area contributed by atoms with Gasteiger partial charge in [-0.15, -0.1) is 0 Å². The molecule has 0 bridgehead atoms. The first kappa shape index (κ1) is 15.0. The topological polar surface area (TPSA) is 45.2 Å². The van der Waals surface area contributed by atoms with E-state index in [1.807, 2.05) is 80.6 Å². The van der Waals surface area contributed by atoms with Crippen LogP contribution in [0.5, 0.6) is 0 Å². The normalized spacial score (nSPS) is 10.7. The molecule has 3 rings (SSSR count). The number of hydrogen-bond acceptors (Lipinski definition) is 2. The van der Waals surface area contributed by atoms with Crippen molar-refractivity contribution in [3.8, 4) is 11.3 Å². The highest BCUT2D eigenvalue weighted by Crippen LogP contribution is 2.28. The number of benzene rings is 1. The van der Waals surface area contributed by atoms with Gasteiger partial charge < -0.3 is 5.32 Å². The lowest BCUT2D eigenvalue weighted by Gasteiger charge is -2.24. The molecule has 1 heterocycles. The predicted octanol–water partition coefficient (Wildman–Crippen LogP) is 4.63. The first-order chi connectivity index (χ1) is 11.1. The summed E-state index contributed by atoms with van der Waals surface area (Å²) in [6.45, 7) is 3.95. The summed E-state index contributed by atoms with van der Waals surface area (Å²) in [6.07, 6.45) is 0. The van der Waals surface area contributed by atoms with Crippen molar-refractivity contribution in [3.63, 3.8) is 0 Å². The lowest BCUT2D eigenvalue weighted by atomic mass is 10.2. The van der Waals surface area contributed by atoms with Crippen LogP contribution in [-0.4, -0.2) is 17.1 Å². The second kappa shape index (κ2) is 6.48. The Balaban J connectivity index is 1.92. The summed E-state index contributed by atoms with van der Waals surface area (Å²) >= 11 is 0. The summed E-state index contributed by atoms with van der Waals surface area (Å²) in [5, 5.41) is 2.92. The van der Waals surface area contributed by atoms with E-state index < -0.39 is 0 Å². The van der Waals surface area contributed by atoms with Crippen molar-refractivity contribution in [2.45, 2.75) is 19.9 Å². The van der Waals surface area contributed by atoms with Crippen LogP contribution in [0.4, 0.5) is 16.3 Å². The zero-order chi connectivity index (χ0) is 16.2. The summed E-state index contributed by atoms with van der Waals surface area (Å²) in [5.74, 6) is 0.662. The van der Waals surface area contributed by atoms with Gasteiger partial charge >= 0.3 is 6.03 Å². The van der Waals surface area contributed by atoms with Gasteiger partial charge in [0.25, 0.3) is 0 Å². The molecule has 0 atom stereocenters. The first-order valence-electron chi connectivity index (χ1n) is 7.66. The lowest BCUT2D eigenvalue weighted by Crippen LogP contribution is -2.40. The standard InChI is InChI=1S/C19H19N3O/c1-14(2)22(19(23)20-16-10-6-4-7-11-16)18-13-15-9-5-3-8-12-17(15)21-18/h3-14H,1-2H3,(H,20,23). The van der Waals surface area contributed by atoms with Crippen molar-refractivity contribution in [2.75, 3.05) is 10.2 Å². The highest BCUT2D eigenvalue weighted by atomic mass is 16.2. The number of nitrogens with zero attached hydrogens (tertiary/aromatic N) is 2. The molecule has 23 heavy (non-hydrogen) atoms. The second-order valence-electron chi connectivity index (χ2n) is 5.63.